The van der Waals surface area contributed by atoms with Gasteiger partial charge in [-0.25, -0.2) is 0 Å². The maximum absolute atomic E-state index is 12.2. The van der Waals surface area contributed by atoms with Crippen molar-refractivity contribution in [3.8, 4) is 5.75 Å². The molecule has 1 N–H and O–H groups in total. The topological polar surface area (TPSA) is 42.1 Å². The predicted molar refractivity (Wildman–Crippen MR) is 82.3 cm³/mol. The molecule has 0 aliphatic heterocycles. The molecule has 0 aliphatic carbocycles. The minimum Gasteiger partial charge on any atom is -0.485 e. The molecule has 0 spiro atoms. The highest BCUT2D eigenvalue weighted by atomic mass is 79.9. The summed E-state index contributed by atoms with van der Waals surface area (Å²) in [5, 5.41) is 0.928. The molecule has 20 heavy (non-hydrogen) atoms. The number of nitrogens with one attached hydrogen (secondary N) is 1. The number of Topliss-reactive ketones (excluding diaryl/α,β-unsaturated/α-hetero) is 1. The van der Waals surface area contributed by atoms with E-state index in [0.717, 1.165) is 15.4 Å². The van der Waals surface area contributed by atoms with Gasteiger partial charge in [0.15, 0.2) is 6.61 Å². The fourth-order valence-corrected chi connectivity index (χ4v) is 2.32. The van der Waals surface area contributed by atoms with Gasteiger partial charge in [-0.2, -0.15) is 0 Å². The SMILES string of the molecule is O=C(COc1ccc(Br)cc1)c1c[nH]c2ccccc12. The van der Waals surface area contributed by atoms with Gasteiger partial charge in [0.05, 0.1) is 0 Å². The third kappa shape index (κ3) is 2.60. The van der Waals surface area contributed by atoms with Crippen LogP contribution >= 0.6 is 15.9 Å². The summed E-state index contributed by atoms with van der Waals surface area (Å²) in [5.41, 5.74) is 1.62. The molecule has 3 nitrogen and oxygen atoms in total. The molecule has 0 amide bonds. The van der Waals surface area contributed by atoms with Crippen LogP contribution < -0.4 is 4.74 Å². The van der Waals surface area contributed by atoms with Crippen molar-refractivity contribution in [2.75, 3.05) is 6.61 Å². The minimum atomic E-state index is -0.0367. The number of benzene rings is 2. The van der Waals surface area contributed by atoms with E-state index in [4.69, 9.17) is 4.74 Å². The Bertz CT molecular complexity index is 747. The van der Waals surface area contributed by atoms with Gasteiger partial charge in [0.2, 0.25) is 5.78 Å². The molecular weight excluding hydrogens is 318 g/mol. The van der Waals surface area contributed by atoms with Gasteiger partial charge >= 0.3 is 0 Å². The Hall–Kier alpha value is -2.07. The van der Waals surface area contributed by atoms with Crippen molar-refractivity contribution in [3.05, 3.63) is 64.8 Å². The Morgan fingerprint density at radius 2 is 1.85 bits per heavy atom. The molecule has 0 bridgehead atoms. The molecule has 3 rings (SSSR count). The van der Waals surface area contributed by atoms with Crippen molar-refractivity contribution in [2.45, 2.75) is 0 Å². The number of fused-ring (bicyclic) bond motifs is 1. The summed E-state index contributed by atoms with van der Waals surface area (Å²) < 4.78 is 6.49. The van der Waals surface area contributed by atoms with E-state index in [0.29, 0.717) is 11.3 Å². The number of rotatable bonds is 4. The first-order valence-corrected chi connectivity index (χ1v) is 7.01. The first-order chi connectivity index (χ1) is 9.74. The molecule has 1 heterocycles. The lowest BCUT2D eigenvalue weighted by atomic mass is 10.1. The highest BCUT2D eigenvalue weighted by Crippen LogP contribution is 2.19. The van der Waals surface area contributed by atoms with Gasteiger partial charge in [0.1, 0.15) is 5.75 Å². The standard InChI is InChI=1S/C16H12BrNO2/c17-11-5-7-12(8-6-11)20-10-16(19)14-9-18-15-4-2-1-3-13(14)15/h1-9,18H,10H2. The van der Waals surface area contributed by atoms with E-state index in [2.05, 4.69) is 20.9 Å². The zero-order valence-electron chi connectivity index (χ0n) is 10.6. The third-order valence-electron chi connectivity index (χ3n) is 3.07. The fraction of sp³-hybridized carbons (Fsp3) is 0.0625. The van der Waals surface area contributed by atoms with Gasteiger partial charge < -0.3 is 9.72 Å². The van der Waals surface area contributed by atoms with Crippen LogP contribution in [0.15, 0.2) is 59.2 Å². The number of carbonyl (C=O) groups is 1. The van der Waals surface area contributed by atoms with Crippen LogP contribution in [0.4, 0.5) is 0 Å². The number of hydrogen-bond acceptors (Lipinski definition) is 2. The number of halogens is 1. The molecule has 4 heteroatoms. The summed E-state index contributed by atoms with van der Waals surface area (Å²) in [7, 11) is 0. The monoisotopic (exact) mass is 329 g/mol. The normalized spacial score (nSPS) is 10.7. The van der Waals surface area contributed by atoms with Crippen molar-refractivity contribution in [1.29, 1.82) is 0 Å². The van der Waals surface area contributed by atoms with Gasteiger partial charge in [0.25, 0.3) is 0 Å². The zero-order valence-corrected chi connectivity index (χ0v) is 12.2. The Labute approximate surface area is 124 Å². The molecule has 0 saturated heterocycles. The molecule has 0 radical (unpaired) electrons. The van der Waals surface area contributed by atoms with Gasteiger partial charge in [-0.15, -0.1) is 0 Å². The average Bonchev–Trinajstić information content (AvgIpc) is 2.90. The van der Waals surface area contributed by atoms with Gasteiger partial charge in [-0.3, -0.25) is 4.79 Å². The van der Waals surface area contributed by atoms with Gasteiger partial charge in [0, 0.05) is 27.1 Å². The van der Waals surface area contributed by atoms with Crippen molar-refractivity contribution in [2.24, 2.45) is 0 Å². The lowest BCUT2D eigenvalue weighted by Gasteiger charge is -2.05. The first-order valence-electron chi connectivity index (χ1n) is 6.22. The molecule has 0 fully saturated rings. The smallest absolute Gasteiger partial charge is 0.202 e. The molecule has 0 aliphatic rings. The highest BCUT2D eigenvalue weighted by Gasteiger charge is 2.12. The van der Waals surface area contributed by atoms with Gasteiger partial charge in [-0.05, 0) is 30.3 Å². The number of para-hydroxylation sites is 1. The molecule has 0 saturated carbocycles. The fourth-order valence-electron chi connectivity index (χ4n) is 2.06. The van der Waals surface area contributed by atoms with Crippen LogP contribution in [0.2, 0.25) is 0 Å². The van der Waals surface area contributed by atoms with Crippen LogP contribution in [-0.4, -0.2) is 17.4 Å². The van der Waals surface area contributed by atoms with E-state index in [-0.39, 0.29) is 12.4 Å². The lowest BCUT2D eigenvalue weighted by molar-refractivity contribution is 0.0923. The Kier molecular flexibility index (Phi) is 3.56. The summed E-state index contributed by atoms with van der Waals surface area (Å²) in [4.78, 5) is 15.3. The first kappa shape index (κ1) is 12.9. The minimum absolute atomic E-state index is 0.0312. The summed E-state index contributed by atoms with van der Waals surface area (Å²) in [6.45, 7) is 0.0312. The summed E-state index contributed by atoms with van der Waals surface area (Å²) >= 11 is 3.36. The van der Waals surface area contributed by atoms with Crippen molar-refractivity contribution < 1.29 is 9.53 Å². The predicted octanol–water partition coefficient (Wildman–Crippen LogP) is 4.19. The second-order valence-electron chi connectivity index (χ2n) is 4.41. The number of aromatic amines is 1. The molecule has 1 aromatic heterocycles. The largest absolute Gasteiger partial charge is 0.485 e. The molecule has 3 aromatic rings. The Morgan fingerprint density at radius 1 is 1.10 bits per heavy atom. The van der Waals surface area contributed by atoms with Crippen LogP contribution in [0.3, 0.4) is 0 Å². The van der Waals surface area contributed by atoms with Crippen LogP contribution in [0.25, 0.3) is 10.9 Å². The summed E-state index contributed by atoms with van der Waals surface area (Å²) in [5.74, 6) is 0.645. The van der Waals surface area contributed by atoms with E-state index >= 15 is 0 Å². The molecule has 0 atom stereocenters. The van der Waals surface area contributed by atoms with E-state index in [9.17, 15) is 4.79 Å². The highest BCUT2D eigenvalue weighted by molar-refractivity contribution is 9.10. The van der Waals surface area contributed by atoms with E-state index in [1.807, 2.05) is 48.5 Å². The molecule has 0 unspecified atom stereocenters. The van der Waals surface area contributed by atoms with E-state index < -0.39 is 0 Å². The van der Waals surface area contributed by atoms with Crippen LogP contribution in [0.5, 0.6) is 5.75 Å². The Morgan fingerprint density at radius 3 is 2.65 bits per heavy atom. The Balaban J connectivity index is 1.75. The second-order valence-corrected chi connectivity index (χ2v) is 5.33. The maximum atomic E-state index is 12.2. The summed E-state index contributed by atoms with van der Waals surface area (Å²) in [6.07, 6.45) is 1.73. The average molecular weight is 330 g/mol. The third-order valence-corrected chi connectivity index (χ3v) is 3.60. The summed E-state index contributed by atoms with van der Waals surface area (Å²) in [6, 6.07) is 15.1. The number of aromatic nitrogens is 1. The van der Waals surface area contributed by atoms with Crippen LogP contribution in [-0.2, 0) is 0 Å². The van der Waals surface area contributed by atoms with Crippen LogP contribution in [0, 0.1) is 0 Å². The van der Waals surface area contributed by atoms with Crippen molar-refractivity contribution in [3.63, 3.8) is 0 Å². The second kappa shape index (κ2) is 5.51. The number of ketones is 1. The lowest BCUT2D eigenvalue weighted by Crippen LogP contribution is -2.11. The van der Waals surface area contributed by atoms with Gasteiger partial charge in [-0.1, -0.05) is 34.1 Å². The van der Waals surface area contributed by atoms with E-state index in [1.54, 1.807) is 6.20 Å². The molecular formula is C16H12BrNO2. The zero-order chi connectivity index (χ0) is 13.9. The molecule has 100 valence electrons. The van der Waals surface area contributed by atoms with E-state index in [1.165, 1.54) is 0 Å². The quantitative estimate of drug-likeness (QED) is 0.729. The van der Waals surface area contributed by atoms with Crippen molar-refractivity contribution >= 4 is 32.6 Å². The van der Waals surface area contributed by atoms with Crippen molar-refractivity contribution in [1.82, 2.24) is 4.98 Å². The number of ether oxygens (including phenoxy) is 1. The number of carbonyl (C=O) groups excluding carboxylic acids is 1. The number of H-pyrrole nitrogens is 1. The molecule has 2 aromatic carbocycles. The maximum Gasteiger partial charge on any atom is 0.202 e. The van der Waals surface area contributed by atoms with Crippen LogP contribution in [0.1, 0.15) is 10.4 Å². The number of hydrogen-bond donors (Lipinski definition) is 1.